The van der Waals surface area contributed by atoms with Crippen LogP contribution in [0, 0.1) is 5.82 Å². The molecule has 0 atom stereocenters. The first-order valence-electron chi connectivity index (χ1n) is 9.27. The second-order valence-corrected chi connectivity index (χ2v) is 6.13. The molecule has 0 saturated carbocycles. The van der Waals surface area contributed by atoms with Gasteiger partial charge in [-0.1, -0.05) is 24.3 Å². The van der Waals surface area contributed by atoms with Crippen molar-refractivity contribution in [3.63, 3.8) is 0 Å². The Labute approximate surface area is 165 Å². The SMILES string of the molecule is CCNC(=NCC(=O)NCc1ccc(OC)cc1)NCCc1cccc(F)c1. The number of methoxy groups -OCH3 is 1. The number of hydrogen-bond acceptors (Lipinski definition) is 3. The van der Waals surface area contributed by atoms with Crippen molar-refractivity contribution in [1.29, 1.82) is 0 Å². The van der Waals surface area contributed by atoms with Crippen LogP contribution >= 0.6 is 0 Å². The van der Waals surface area contributed by atoms with Gasteiger partial charge in [-0.15, -0.1) is 0 Å². The third-order valence-electron chi connectivity index (χ3n) is 3.97. The molecule has 7 heteroatoms. The van der Waals surface area contributed by atoms with Gasteiger partial charge in [-0.3, -0.25) is 4.79 Å². The van der Waals surface area contributed by atoms with E-state index in [2.05, 4.69) is 20.9 Å². The lowest BCUT2D eigenvalue weighted by atomic mass is 10.1. The predicted octanol–water partition coefficient (Wildman–Crippen LogP) is 2.25. The average molecular weight is 386 g/mol. The number of carbonyl (C=O) groups excluding carboxylic acids is 1. The van der Waals surface area contributed by atoms with Crippen molar-refractivity contribution in [2.75, 3.05) is 26.7 Å². The molecule has 28 heavy (non-hydrogen) atoms. The number of benzene rings is 2. The lowest BCUT2D eigenvalue weighted by Gasteiger charge is -2.11. The van der Waals surface area contributed by atoms with Gasteiger partial charge in [0.2, 0.25) is 5.91 Å². The summed E-state index contributed by atoms with van der Waals surface area (Å²) < 4.78 is 18.3. The highest BCUT2D eigenvalue weighted by molar-refractivity contribution is 5.84. The fraction of sp³-hybridized carbons (Fsp3) is 0.333. The van der Waals surface area contributed by atoms with Crippen LogP contribution in [0.25, 0.3) is 0 Å². The van der Waals surface area contributed by atoms with E-state index in [0.29, 0.717) is 32.0 Å². The van der Waals surface area contributed by atoms with E-state index in [-0.39, 0.29) is 18.3 Å². The third kappa shape index (κ3) is 7.65. The molecule has 2 rings (SSSR count). The summed E-state index contributed by atoms with van der Waals surface area (Å²) in [5.74, 6) is 0.919. The molecule has 0 aliphatic carbocycles. The topological polar surface area (TPSA) is 74.8 Å². The Kier molecular flexibility index (Phi) is 8.78. The zero-order valence-electron chi connectivity index (χ0n) is 16.3. The maximum Gasteiger partial charge on any atom is 0.242 e. The Hall–Kier alpha value is -3.09. The number of ether oxygens (including phenoxy) is 1. The highest BCUT2D eigenvalue weighted by atomic mass is 19.1. The molecule has 0 fully saturated rings. The molecule has 0 bridgehead atoms. The Balaban J connectivity index is 1.77. The van der Waals surface area contributed by atoms with E-state index >= 15 is 0 Å². The van der Waals surface area contributed by atoms with Crippen LogP contribution in [0.1, 0.15) is 18.1 Å². The minimum absolute atomic E-state index is 0.0193. The number of halogens is 1. The van der Waals surface area contributed by atoms with Crippen molar-refractivity contribution in [1.82, 2.24) is 16.0 Å². The van der Waals surface area contributed by atoms with Crippen molar-refractivity contribution in [2.24, 2.45) is 4.99 Å². The molecule has 0 radical (unpaired) electrons. The molecule has 0 aromatic heterocycles. The normalized spacial score (nSPS) is 11.0. The summed E-state index contributed by atoms with van der Waals surface area (Å²) in [7, 11) is 1.61. The molecule has 0 unspecified atom stereocenters. The van der Waals surface area contributed by atoms with Crippen molar-refractivity contribution >= 4 is 11.9 Å². The highest BCUT2D eigenvalue weighted by Gasteiger charge is 2.03. The molecule has 3 N–H and O–H groups in total. The van der Waals surface area contributed by atoms with Gasteiger partial charge in [0, 0.05) is 19.6 Å². The summed E-state index contributed by atoms with van der Waals surface area (Å²) in [4.78, 5) is 16.3. The summed E-state index contributed by atoms with van der Waals surface area (Å²) in [6.45, 7) is 3.67. The van der Waals surface area contributed by atoms with Gasteiger partial charge in [0.25, 0.3) is 0 Å². The monoisotopic (exact) mass is 386 g/mol. The molecule has 0 aliphatic heterocycles. The number of aliphatic imine (C=N–C) groups is 1. The third-order valence-corrected chi connectivity index (χ3v) is 3.97. The standard InChI is InChI=1S/C21H27FN4O2/c1-3-23-21(24-12-11-16-5-4-6-18(22)13-16)26-15-20(27)25-14-17-7-9-19(28-2)10-8-17/h4-10,13H,3,11-12,14-15H2,1-2H3,(H,25,27)(H2,23,24,26). The van der Waals surface area contributed by atoms with E-state index in [0.717, 1.165) is 16.9 Å². The van der Waals surface area contributed by atoms with Crippen LogP contribution in [0.4, 0.5) is 4.39 Å². The maximum absolute atomic E-state index is 13.2. The van der Waals surface area contributed by atoms with Crippen molar-refractivity contribution in [2.45, 2.75) is 19.9 Å². The maximum atomic E-state index is 13.2. The van der Waals surface area contributed by atoms with Crippen LogP contribution in [0.15, 0.2) is 53.5 Å². The van der Waals surface area contributed by atoms with Gasteiger partial charge in [0.15, 0.2) is 5.96 Å². The van der Waals surface area contributed by atoms with Crippen molar-refractivity contribution in [3.05, 3.63) is 65.5 Å². The molecule has 2 aromatic rings. The van der Waals surface area contributed by atoms with Gasteiger partial charge in [-0.05, 0) is 48.7 Å². The van der Waals surface area contributed by atoms with Crippen molar-refractivity contribution < 1.29 is 13.9 Å². The average Bonchev–Trinajstić information content (AvgIpc) is 2.71. The molecule has 150 valence electrons. The molecule has 0 aliphatic rings. The first kappa shape index (κ1) is 21.2. The summed E-state index contributed by atoms with van der Waals surface area (Å²) in [5, 5.41) is 9.08. The largest absolute Gasteiger partial charge is 0.497 e. The lowest BCUT2D eigenvalue weighted by molar-refractivity contribution is -0.119. The predicted molar refractivity (Wildman–Crippen MR) is 109 cm³/mol. The van der Waals surface area contributed by atoms with E-state index in [4.69, 9.17) is 4.74 Å². The Bertz CT molecular complexity index is 778. The fourth-order valence-electron chi connectivity index (χ4n) is 2.51. The summed E-state index contributed by atoms with van der Waals surface area (Å²) >= 11 is 0. The summed E-state index contributed by atoms with van der Waals surface area (Å²) in [5.41, 5.74) is 1.89. The smallest absolute Gasteiger partial charge is 0.242 e. The zero-order valence-corrected chi connectivity index (χ0v) is 16.3. The van der Waals surface area contributed by atoms with Gasteiger partial charge in [0.05, 0.1) is 7.11 Å². The molecule has 2 aromatic carbocycles. The highest BCUT2D eigenvalue weighted by Crippen LogP contribution is 2.10. The van der Waals surface area contributed by atoms with E-state index in [9.17, 15) is 9.18 Å². The molecule has 0 heterocycles. The number of nitrogens with one attached hydrogen (secondary N) is 3. The zero-order chi connectivity index (χ0) is 20.2. The van der Waals surface area contributed by atoms with Crippen molar-refractivity contribution in [3.8, 4) is 5.75 Å². The molecular weight excluding hydrogens is 359 g/mol. The summed E-state index contributed by atoms with van der Waals surface area (Å²) in [6, 6.07) is 14.0. The summed E-state index contributed by atoms with van der Waals surface area (Å²) in [6.07, 6.45) is 0.659. The van der Waals surface area contributed by atoms with Gasteiger partial charge in [-0.25, -0.2) is 9.38 Å². The minimum Gasteiger partial charge on any atom is -0.497 e. The quantitative estimate of drug-likeness (QED) is 0.456. The van der Waals surface area contributed by atoms with E-state index in [1.165, 1.54) is 12.1 Å². The number of amides is 1. The van der Waals surface area contributed by atoms with Crippen LogP contribution in [0.2, 0.25) is 0 Å². The first-order valence-corrected chi connectivity index (χ1v) is 9.27. The first-order chi connectivity index (χ1) is 13.6. The second kappa shape index (κ2) is 11.6. The Morgan fingerprint density at radius 3 is 2.54 bits per heavy atom. The van der Waals surface area contributed by atoms with Gasteiger partial charge >= 0.3 is 0 Å². The minimum atomic E-state index is -0.244. The van der Waals surface area contributed by atoms with E-state index in [1.807, 2.05) is 37.3 Å². The number of hydrogen-bond donors (Lipinski definition) is 3. The number of guanidine groups is 1. The molecule has 0 spiro atoms. The van der Waals surface area contributed by atoms with E-state index < -0.39 is 0 Å². The van der Waals surface area contributed by atoms with Crippen LogP contribution in [-0.4, -0.2) is 38.6 Å². The molecule has 6 nitrogen and oxygen atoms in total. The molecule has 1 amide bonds. The van der Waals surface area contributed by atoms with Crippen LogP contribution in [0.5, 0.6) is 5.75 Å². The van der Waals surface area contributed by atoms with E-state index in [1.54, 1.807) is 13.2 Å². The number of nitrogens with zero attached hydrogens (tertiary/aromatic N) is 1. The fourth-order valence-corrected chi connectivity index (χ4v) is 2.51. The Morgan fingerprint density at radius 1 is 1.07 bits per heavy atom. The van der Waals surface area contributed by atoms with Crippen LogP contribution in [-0.2, 0) is 17.8 Å². The number of rotatable bonds is 9. The van der Waals surface area contributed by atoms with Gasteiger partial charge in [0.1, 0.15) is 18.1 Å². The van der Waals surface area contributed by atoms with Gasteiger partial charge in [-0.2, -0.15) is 0 Å². The van der Waals surface area contributed by atoms with Gasteiger partial charge < -0.3 is 20.7 Å². The van der Waals surface area contributed by atoms with Crippen LogP contribution in [0.3, 0.4) is 0 Å². The number of carbonyl (C=O) groups is 1. The van der Waals surface area contributed by atoms with Crippen LogP contribution < -0.4 is 20.7 Å². The molecular formula is C21H27FN4O2. The Morgan fingerprint density at radius 2 is 1.86 bits per heavy atom. The molecule has 0 saturated heterocycles. The lowest BCUT2D eigenvalue weighted by Crippen LogP contribution is -2.39. The second-order valence-electron chi connectivity index (χ2n) is 6.13.